The van der Waals surface area contributed by atoms with Gasteiger partial charge in [-0.15, -0.1) is 0 Å². The first-order chi connectivity index (χ1) is 12.5. The third-order valence-electron chi connectivity index (χ3n) is 3.66. The molecule has 1 amide bonds. The van der Waals surface area contributed by atoms with Crippen LogP contribution in [0.25, 0.3) is 6.08 Å². The Hall–Kier alpha value is -2.06. The molecule has 26 heavy (non-hydrogen) atoms. The Morgan fingerprint density at radius 3 is 2.77 bits per heavy atom. The zero-order valence-electron chi connectivity index (χ0n) is 14.7. The molecule has 1 saturated heterocycles. The van der Waals surface area contributed by atoms with Crippen LogP contribution in [0.1, 0.15) is 31.7 Å². The highest BCUT2D eigenvalue weighted by Crippen LogP contribution is 2.34. The van der Waals surface area contributed by atoms with E-state index in [-0.39, 0.29) is 4.32 Å². The molecule has 1 aliphatic heterocycles. The second kappa shape index (κ2) is 9.59. The van der Waals surface area contributed by atoms with E-state index in [0.29, 0.717) is 23.0 Å². The van der Waals surface area contributed by atoms with Crippen molar-refractivity contribution in [1.82, 2.24) is 4.90 Å². The van der Waals surface area contributed by atoms with Gasteiger partial charge in [-0.2, -0.15) is 0 Å². The van der Waals surface area contributed by atoms with Crippen molar-refractivity contribution < 1.29 is 24.2 Å². The molecule has 2 rings (SSSR count). The van der Waals surface area contributed by atoms with Crippen LogP contribution in [0.4, 0.5) is 0 Å². The van der Waals surface area contributed by atoms with Crippen molar-refractivity contribution >= 4 is 46.3 Å². The molecule has 1 aliphatic rings. The molecule has 0 bridgehead atoms. The number of benzene rings is 1. The van der Waals surface area contributed by atoms with Gasteiger partial charge in [0.1, 0.15) is 10.9 Å². The molecule has 0 aromatic heterocycles. The summed E-state index contributed by atoms with van der Waals surface area (Å²) in [4.78, 5) is 24.6. The third-order valence-corrected chi connectivity index (χ3v) is 5.04. The second-order valence-electron chi connectivity index (χ2n) is 5.63. The van der Waals surface area contributed by atoms with Gasteiger partial charge in [0.15, 0.2) is 11.5 Å². The number of carboxylic acids is 1. The van der Waals surface area contributed by atoms with Crippen molar-refractivity contribution in [3.05, 3.63) is 28.7 Å². The molecule has 0 radical (unpaired) electrons. The first-order valence-electron chi connectivity index (χ1n) is 8.24. The van der Waals surface area contributed by atoms with Crippen molar-refractivity contribution in [3.63, 3.8) is 0 Å². The van der Waals surface area contributed by atoms with Crippen LogP contribution in [-0.4, -0.2) is 46.5 Å². The molecular weight excluding hydrogens is 374 g/mol. The van der Waals surface area contributed by atoms with E-state index in [4.69, 9.17) is 26.8 Å². The van der Waals surface area contributed by atoms with E-state index in [2.05, 4.69) is 6.92 Å². The summed E-state index contributed by atoms with van der Waals surface area (Å²) in [5.41, 5.74) is 0.749. The van der Waals surface area contributed by atoms with E-state index >= 15 is 0 Å². The number of unbranched alkanes of at least 4 members (excludes halogenated alkanes) is 2. The quantitative estimate of drug-likeness (QED) is 0.389. The SMILES string of the molecule is CCCCCOc1ccc(C=C2SC(=S)N(CC(=O)O)C2=O)cc1OC. The maximum atomic E-state index is 12.3. The van der Waals surface area contributed by atoms with Crippen LogP contribution in [0.3, 0.4) is 0 Å². The highest BCUT2D eigenvalue weighted by atomic mass is 32.2. The highest BCUT2D eigenvalue weighted by Gasteiger charge is 2.33. The number of nitrogens with zero attached hydrogens (tertiary/aromatic N) is 1. The molecule has 140 valence electrons. The minimum absolute atomic E-state index is 0.242. The van der Waals surface area contributed by atoms with Crippen LogP contribution >= 0.6 is 24.0 Å². The van der Waals surface area contributed by atoms with Gasteiger partial charge < -0.3 is 14.6 Å². The van der Waals surface area contributed by atoms with Crippen molar-refractivity contribution in [2.75, 3.05) is 20.3 Å². The molecule has 0 atom stereocenters. The predicted molar refractivity (Wildman–Crippen MR) is 106 cm³/mol. The number of ether oxygens (including phenoxy) is 2. The van der Waals surface area contributed by atoms with Gasteiger partial charge in [0.2, 0.25) is 0 Å². The van der Waals surface area contributed by atoms with E-state index in [1.165, 1.54) is 0 Å². The standard InChI is InChI=1S/C18H21NO5S2/c1-3-4-5-8-24-13-7-6-12(9-14(13)23-2)10-15-17(22)19(11-16(20)21)18(25)26-15/h6-7,9-10H,3-5,8,11H2,1-2H3,(H,20,21). The van der Waals surface area contributed by atoms with E-state index < -0.39 is 18.4 Å². The highest BCUT2D eigenvalue weighted by molar-refractivity contribution is 8.26. The number of carboxylic acid groups (broad SMARTS) is 1. The fourth-order valence-corrected chi connectivity index (χ4v) is 3.61. The Morgan fingerprint density at radius 2 is 2.12 bits per heavy atom. The van der Waals surface area contributed by atoms with Gasteiger partial charge in [-0.3, -0.25) is 14.5 Å². The number of thioether (sulfide) groups is 1. The topological polar surface area (TPSA) is 76.1 Å². The number of carbonyl (C=O) groups excluding carboxylic acids is 1. The molecule has 1 aromatic carbocycles. The van der Waals surface area contributed by atoms with Gasteiger partial charge in [0, 0.05) is 0 Å². The summed E-state index contributed by atoms with van der Waals surface area (Å²) in [5.74, 6) is -0.273. The van der Waals surface area contributed by atoms with E-state index in [1.807, 2.05) is 6.07 Å². The first-order valence-corrected chi connectivity index (χ1v) is 9.46. The lowest BCUT2D eigenvalue weighted by molar-refractivity contribution is -0.140. The van der Waals surface area contributed by atoms with Crippen LogP contribution in [0, 0.1) is 0 Å². The number of hydrogen-bond donors (Lipinski definition) is 1. The monoisotopic (exact) mass is 395 g/mol. The number of methoxy groups -OCH3 is 1. The minimum atomic E-state index is -1.10. The number of carbonyl (C=O) groups is 2. The molecule has 8 heteroatoms. The van der Waals surface area contributed by atoms with Crippen molar-refractivity contribution in [3.8, 4) is 11.5 Å². The Bertz CT molecular complexity index is 732. The first kappa shape index (κ1) is 20.3. The lowest BCUT2D eigenvalue weighted by Gasteiger charge is -2.11. The largest absolute Gasteiger partial charge is 0.493 e. The van der Waals surface area contributed by atoms with Gasteiger partial charge in [-0.25, -0.2) is 0 Å². The Balaban J connectivity index is 2.14. The van der Waals surface area contributed by atoms with Gasteiger partial charge in [0.05, 0.1) is 18.6 Å². The predicted octanol–water partition coefficient (Wildman–Crippen LogP) is 3.55. The zero-order valence-corrected chi connectivity index (χ0v) is 16.3. The summed E-state index contributed by atoms with van der Waals surface area (Å²) in [6.07, 6.45) is 4.88. The molecule has 0 unspecified atom stereocenters. The van der Waals surface area contributed by atoms with Crippen LogP contribution in [0.2, 0.25) is 0 Å². The molecule has 1 heterocycles. The zero-order chi connectivity index (χ0) is 19.1. The Morgan fingerprint density at radius 1 is 1.35 bits per heavy atom. The normalized spacial score (nSPS) is 15.6. The molecule has 6 nitrogen and oxygen atoms in total. The molecule has 1 N–H and O–H groups in total. The van der Waals surface area contributed by atoms with Gasteiger partial charge >= 0.3 is 5.97 Å². The van der Waals surface area contributed by atoms with Gasteiger partial charge in [0.25, 0.3) is 5.91 Å². The summed E-state index contributed by atoms with van der Waals surface area (Å²) in [6, 6.07) is 5.40. The van der Waals surface area contributed by atoms with Crippen molar-refractivity contribution in [2.24, 2.45) is 0 Å². The lowest BCUT2D eigenvalue weighted by Crippen LogP contribution is -2.33. The van der Waals surface area contributed by atoms with Crippen LogP contribution < -0.4 is 9.47 Å². The van der Waals surface area contributed by atoms with Crippen molar-refractivity contribution in [1.29, 1.82) is 0 Å². The van der Waals surface area contributed by atoms with Gasteiger partial charge in [-0.05, 0) is 30.2 Å². The lowest BCUT2D eigenvalue weighted by atomic mass is 10.2. The third kappa shape index (κ3) is 5.22. The second-order valence-corrected chi connectivity index (χ2v) is 7.30. The maximum Gasteiger partial charge on any atom is 0.323 e. The number of amides is 1. The minimum Gasteiger partial charge on any atom is -0.493 e. The summed E-state index contributed by atoms with van der Waals surface area (Å²) in [7, 11) is 1.56. The molecule has 0 aliphatic carbocycles. The van der Waals surface area contributed by atoms with Crippen LogP contribution in [0.5, 0.6) is 11.5 Å². The average Bonchev–Trinajstić information content (AvgIpc) is 2.86. The van der Waals surface area contributed by atoms with Crippen LogP contribution in [0.15, 0.2) is 23.1 Å². The van der Waals surface area contributed by atoms with E-state index in [9.17, 15) is 9.59 Å². The summed E-state index contributed by atoms with van der Waals surface area (Å²) >= 11 is 6.18. The fourth-order valence-electron chi connectivity index (χ4n) is 2.35. The Kier molecular flexibility index (Phi) is 7.47. The van der Waals surface area contributed by atoms with Crippen molar-refractivity contribution in [2.45, 2.75) is 26.2 Å². The van der Waals surface area contributed by atoms with E-state index in [0.717, 1.165) is 41.5 Å². The number of aliphatic carboxylic acids is 1. The Labute approximate surface area is 162 Å². The molecule has 1 aromatic rings. The molecule has 1 fully saturated rings. The smallest absolute Gasteiger partial charge is 0.323 e. The average molecular weight is 396 g/mol. The summed E-state index contributed by atoms with van der Waals surface area (Å²) < 4.78 is 11.4. The molecular formula is C18H21NO5S2. The van der Waals surface area contributed by atoms with Crippen LogP contribution in [-0.2, 0) is 9.59 Å². The molecule has 0 saturated carbocycles. The number of thiocarbonyl (C=S) groups is 1. The number of hydrogen-bond acceptors (Lipinski definition) is 6. The summed E-state index contributed by atoms with van der Waals surface area (Å²) in [5, 5.41) is 8.88. The summed E-state index contributed by atoms with van der Waals surface area (Å²) in [6.45, 7) is 2.32. The van der Waals surface area contributed by atoms with Gasteiger partial charge in [-0.1, -0.05) is 49.8 Å². The fraction of sp³-hybridized carbons (Fsp3) is 0.389. The van der Waals surface area contributed by atoms with E-state index in [1.54, 1.807) is 25.3 Å². The number of rotatable bonds is 9. The molecule has 0 spiro atoms. The maximum absolute atomic E-state index is 12.3.